The van der Waals surface area contributed by atoms with E-state index in [0.29, 0.717) is 36.7 Å². The molecule has 0 fully saturated rings. The van der Waals surface area contributed by atoms with Crippen LogP contribution in [-0.4, -0.2) is 37.7 Å². The maximum atomic E-state index is 11.9. The zero-order chi connectivity index (χ0) is 26.6. The van der Waals surface area contributed by atoms with Crippen molar-refractivity contribution in [1.29, 1.82) is 0 Å². The van der Waals surface area contributed by atoms with Gasteiger partial charge in [-0.3, -0.25) is 0 Å². The van der Waals surface area contributed by atoms with Gasteiger partial charge in [-0.15, -0.1) is 0 Å². The first-order valence-corrected chi connectivity index (χ1v) is 12.4. The highest BCUT2D eigenvalue weighted by Gasteiger charge is 2.18. The van der Waals surface area contributed by atoms with Crippen molar-refractivity contribution in [3.63, 3.8) is 0 Å². The number of anilines is 3. The lowest BCUT2D eigenvalue weighted by Crippen LogP contribution is -2.28. The van der Waals surface area contributed by atoms with Gasteiger partial charge in [0.2, 0.25) is 0 Å². The number of urea groups is 3. The topological polar surface area (TPSA) is 123 Å². The van der Waals surface area contributed by atoms with Gasteiger partial charge in [0.15, 0.2) is 0 Å². The van der Waals surface area contributed by atoms with Crippen LogP contribution in [0.1, 0.15) is 43.4 Å². The molecule has 0 heterocycles. The summed E-state index contributed by atoms with van der Waals surface area (Å²) in [6.45, 7) is 7.22. The van der Waals surface area contributed by atoms with E-state index in [1.807, 2.05) is 93.6 Å². The molecule has 37 heavy (non-hydrogen) atoms. The highest BCUT2D eigenvalue weighted by Crippen LogP contribution is 2.34. The Balaban J connectivity index is 1.89. The summed E-state index contributed by atoms with van der Waals surface area (Å²) >= 11 is 0. The van der Waals surface area contributed by atoms with E-state index >= 15 is 0 Å². The summed E-state index contributed by atoms with van der Waals surface area (Å²) in [4.78, 5) is 35.6. The number of amides is 6. The van der Waals surface area contributed by atoms with Gasteiger partial charge in [-0.25, -0.2) is 14.4 Å². The van der Waals surface area contributed by atoms with Gasteiger partial charge in [-0.1, -0.05) is 36.4 Å². The third-order valence-electron chi connectivity index (χ3n) is 5.52. The molecule has 9 nitrogen and oxygen atoms in total. The lowest BCUT2D eigenvalue weighted by molar-refractivity contribution is 0.251. The molecule has 9 heteroatoms. The molecule has 0 saturated heterocycles. The van der Waals surface area contributed by atoms with E-state index in [-0.39, 0.29) is 24.0 Å². The van der Waals surface area contributed by atoms with Gasteiger partial charge in [0.05, 0.1) is 0 Å². The molecule has 0 spiro atoms. The summed E-state index contributed by atoms with van der Waals surface area (Å²) in [5.41, 5.74) is 5.14. The van der Waals surface area contributed by atoms with Crippen molar-refractivity contribution < 1.29 is 14.4 Å². The number of carbonyl (C=O) groups excluding carboxylic acids is 3. The quantitative estimate of drug-likeness (QED) is 0.223. The Morgan fingerprint density at radius 2 is 0.730 bits per heavy atom. The van der Waals surface area contributed by atoms with Gasteiger partial charge >= 0.3 is 18.1 Å². The van der Waals surface area contributed by atoms with Crippen LogP contribution in [-0.2, 0) is 0 Å². The Hall–Kier alpha value is -4.53. The molecule has 0 aromatic heterocycles. The van der Waals surface area contributed by atoms with E-state index < -0.39 is 0 Å². The Labute approximate surface area is 217 Å². The Kier molecular flexibility index (Phi) is 9.90. The van der Waals surface area contributed by atoms with E-state index in [2.05, 4.69) is 31.9 Å². The van der Waals surface area contributed by atoms with Crippen molar-refractivity contribution in [3.05, 3.63) is 89.5 Å². The summed E-state index contributed by atoms with van der Waals surface area (Å²) in [6.07, 6.45) is 0. The molecular weight excluding hydrogens is 468 g/mol. The van der Waals surface area contributed by atoms with Crippen LogP contribution in [0.25, 0.3) is 0 Å². The normalized spacial score (nSPS) is 10.4. The predicted octanol–water partition coefficient (Wildman–Crippen LogP) is 5.29. The maximum absolute atomic E-state index is 11.9. The maximum Gasteiger partial charge on any atom is 0.319 e. The molecule has 0 bridgehead atoms. The fourth-order valence-electron chi connectivity index (χ4n) is 3.86. The van der Waals surface area contributed by atoms with Crippen molar-refractivity contribution >= 4 is 35.2 Å². The number of benzene rings is 3. The number of carbonyl (C=O) groups is 3. The summed E-state index contributed by atoms with van der Waals surface area (Å²) in [5, 5.41) is 16.6. The van der Waals surface area contributed by atoms with Crippen LogP contribution in [0.5, 0.6) is 0 Å². The summed E-state index contributed by atoms with van der Waals surface area (Å²) in [6, 6.07) is 22.3. The second kappa shape index (κ2) is 13.5. The zero-order valence-electron chi connectivity index (χ0n) is 21.4. The number of nitrogens with one attached hydrogen (secondary N) is 6. The van der Waals surface area contributed by atoms with Crippen LogP contribution < -0.4 is 31.9 Å². The lowest BCUT2D eigenvalue weighted by Gasteiger charge is -2.20. The second-order valence-corrected chi connectivity index (χ2v) is 8.25. The Morgan fingerprint density at radius 1 is 0.486 bits per heavy atom. The van der Waals surface area contributed by atoms with Crippen molar-refractivity contribution in [2.24, 2.45) is 0 Å². The van der Waals surface area contributed by atoms with Crippen LogP contribution in [0.4, 0.5) is 31.4 Å². The molecule has 0 atom stereocenters. The highest BCUT2D eigenvalue weighted by atomic mass is 16.2. The average Bonchev–Trinajstić information content (AvgIpc) is 2.88. The van der Waals surface area contributed by atoms with Crippen molar-refractivity contribution in [3.8, 4) is 0 Å². The minimum absolute atomic E-state index is 0.115. The van der Waals surface area contributed by atoms with Gasteiger partial charge < -0.3 is 31.9 Å². The van der Waals surface area contributed by atoms with E-state index in [1.54, 1.807) is 0 Å². The van der Waals surface area contributed by atoms with E-state index in [9.17, 15) is 14.4 Å². The first kappa shape index (κ1) is 27.1. The van der Waals surface area contributed by atoms with Crippen LogP contribution in [0.2, 0.25) is 0 Å². The van der Waals surface area contributed by atoms with E-state index in [0.717, 1.165) is 16.7 Å². The van der Waals surface area contributed by atoms with Crippen molar-refractivity contribution in [2.75, 3.05) is 35.6 Å². The molecule has 194 valence electrons. The molecule has 0 saturated carbocycles. The van der Waals surface area contributed by atoms with E-state index in [1.165, 1.54) is 0 Å². The van der Waals surface area contributed by atoms with Crippen molar-refractivity contribution in [2.45, 2.75) is 26.7 Å². The SMILES string of the molecule is CCNC(=O)Nc1ccc(C(c2ccc(NC(=O)NCC)cc2)c2ccc(NC(=O)NCC)cc2)cc1. The van der Waals surface area contributed by atoms with Crippen LogP contribution in [0.15, 0.2) is 72.8 Å². The smallest absolute Gasteiger partial charge is 0.319 e. The standard InChI is InChI=1S/C28H34N6O3/c1-4-29-26(35)32-22-13-7-19(8-14-22)25(20-9-15-23(16-10-20)33-27(36)30-5-2)21-11-17-24(18-12-21)34-28(37)31-6-3/h7-18,25H,4-6H2,1-3H3,(H2,29,32,35)(H2,30,33,36)(H2,31,34,37). The van der Waals surface area contributed by atoms with Gasteiger partial charge in [0.25, 0.3) is 0 Å². The zero-order valence-corrected chi connectivity index (χ0v) is 21.4. The number of hydrogen-bond acceptors (Lipinski definition) is 3. The molecule has 0 aliphatic carbocycles. The molecule has 3 rings (SSSR count). The molecule has 6 N–H and O–H groups in total. The summed E-state index contributed by atoms with van der Waals surface area (Å²) < 4.78 is 0. The van der Waals surface area contributed by atoms with Crippen LogP contribution in [0.3, 0.4) is 0 Å². The molecule has 0 aliphatic rings. The van der Waals surface area contributed by atoms with E-state index in [4.69, 9.17) is 0 Å². The fraction of sp³-hybridized carbons (Fsp3) is 0.250. The third-order valence-corrected chi connectivity index (χ3v) is 5.52. The first-order valence-electron chi connectivity index (χ1n) is 12.4. The highest BCUT2D eigenvalue weighted by molar-refractivity contribution is 5.90. The fourth-order valence-corrected chi connectivity index (χ4v) is 3.86. The molecule has 3 aromatic rings. The molecule has 3 aromatic carbocycles. The molecule has 0 unspecified atom stereocenters. The van der Waals surface area contributed by atoms with Gasteiger partial charge in [0.1, 0.15) is 0 Å². The summed E-state index contributed by atoms with van der Waals surface area (Å²) in [7, 11) is 0. The largest absolute Gasteiger partial charge is 0.338 e. The molecular formula is C28H34N6O3. The minimum atomic E-state index is -0.253. The van der Waals surface area contributed by atoms with Crippen LogP contribution >= 0.6 is 0 Å². The average molecular weight is 503 g/mol. The summed E-state index contributed by atoms with van der Waals surface area (Å²) in [5.74, 6) is -0.115. The first-order chi connectivity index (χ1) is 17.9. The Bertz CT molecular complexity index is 1030. The lowest BCUT2D eigenvalue weighted by atomic mass is 9.85. The molecule has 0 radical (unpaired) electrons. The monoisotopic (exact) mass is 502 g/mol. The second-order valence-electron chi connectivity index (χ2n) is 8.25. The van der Waals surface area contributed by atoms with Crippen molar-refractivity contribution in [1.82, 2.24) is 16.0 Å². The Morgan fingerprint density at radius 3 is 0.946 bits per heavy atom. The molecule has 0 aliphatic heterocycles. The van der Waals surface area contributed by atoms with Gasteiger partial charge in [-0.05, 0) is 73.9 Å². The molecule has 6 amide bonds. The minimum Gasteiger partial charge on any atom is -0.338 e. The number of hydrogen-bond donors (Lipinski definition) is 6. The number of rotatable bonds is 9. The van der Waals surface area contributed by atoms with Gasteiger partial charge in [-0.2, -0.15) is 0 Å². The third kappa shape index (κ3) is 7.99. The predicted molar refractivity (Wildman–Crippen MR) is 148 cm³/mol. The van der Waals surface area contributed by atoms with Crippen LogP contribution in [0, 0.1) is 0 Å². The van der Waals surface area contributed by atoms with Gasteiger partial charge in [0, 0.05) is 42.6 Å².